The summed E-state index contributed by atoms with van der Waals surface area (Å²) in [6, 6.07) is 14.4. The molecule has 0 spiro atoms. The maximum atomic E-state index is 12.3. The van der Waals surface area contributed by atoms with Crippen LogP contribution in [0.4, 0.5) is 0 Å². The Balaban J connectivity index is 1.96. The van der Waals surface area contributed by atoms with Gasteiger partial charge in [-0.1, -0.05) is 29.3 Å². The van der Waals surface area contributed by atoms with Crippen LogP contribution >= 0.6 is 11.6 Å². The van der Waals surface area contributed by atoms with Gasteiger partial charge >= 0.3 is 5.63 Å². The molecule has 0 N–H and O–H groups in total. The Labute approximate surface area is 145 Å². The largest absolute Gasteiger partial charge is 0.489 e. The molecule has 3 nitrogen and oxygen atoms in total. The fourth-order valence-corrected chi connectivity index (χ4v) is 2.44. The predicted octanol–water partition coefficient (Wildman–Crippen LogP) is 5.46. The van der Waals surface area contributed by atoms with Gasteiger partial charge in [-0.2, -0.15) is 0 Å². The van der Waals surface area contributed by atoms with Gasteiger partial charge in [0.15, 0.2) is 0 Å². The van der Waals surface area contributed by atoms with Gasteiger partial charge in [-0.15, -0.1) is 0 Å². The van der Waals surface area contributed by atoms with Crippen LogP contribution in [0.2, 0.25) is 5.02 Å². The third-order valence-electron chi connectivity index (χ3n) is 3.60. The summed E-state index contributed by atoms with van der Waals surface area (Å²) < 4.78 is 11.1. The summed E-state index contributed by atoms with van der Waals surface area (Å²) in [5, 5.41) is 1.47. The van der Waals surface area contributed by atoms with Crippen LogP contribution in [0.1, 0.15) is 13.8 Å². The van der Waals surface area contributed by atoms with E-state index in [1.807, 2.05) is 38.1 Å². The topological polar surface area (TPSA) is 39.4 Å². The molecule has 0 bridgehead atoms. The van der Waals surface area contributed by atoms with Gasteiger partial charge in [0, 0.05) is 16.5 Å². The lowest BCUT2D eigenvalue weighted by Crippen LogP contribution is -2.02. The standard InChI is InChI=1S/C20H17ClO3/c1-13(2)9-10-23-17-8-5-15-11-18(20(22)24-19(15)12-17)14-3-6-16(21)7-4-14/h3-9,11-12H,10H2,1-2H3. The predicted molar refractivity (Wildman–Crippen MR) is 97.9 cm³/mol. The van der Waals surface area contributed by atoms with Crippen LogP contribution in [0.25, 0.3) is 22.1 Å². The molecule has 3 rings (SSSR count). The van der Waals surface area contributed by atoms with Gasteiger partial charge in [0.25, 0.3) is 0 Å². The second-order valence-corrected chi connectivity index (χ2v) is 6.18. The van der Waals surface area contributed by atoms with Crippen LogP contribution in [0, 0.1) is 0 Å². The van der Waals surface area contributed by atoms with Gasteiger partial charge in [0.05, 0.1) is 5.56 Å². The van der Waals surface area contributed by atoms with E-state index in [1.54, 1.807) is 30.3 Å². The first-order valence-electron chi connectivity index (χ1n) is 7.63. The highest BCUT2D eigenvalue weighted by Gasteiger charge is 2.08. The SMILES string of the molecule is CC(C)=CCOc1ccc2cc(-c3ccc(Cl)cc3)c(=O)oc2c1. The molecular formula is C20H17ClO3. The van der Waals surface area contributed by atoms with E-state index in [-0.39, 0.29) is 5.63 Å². The van der Waals surface area contributed by atoms with Crippen LogP contribution in [0.3, 0.4) is 0 Å². The van der Waals surface area contributed by atoms with Crippen molar-refractivity contribution in [3.05, 3.63) is 75.6 Å². The number of allylic oxidation sites excluding steroid dienone is 1. The monoisotopic (exact) mass is 340 g/mol. The summed E-state index contributed by atoms with van der Waals surface area (Å²) >= 11 is 5.89. The highest BCUT2D eigenvalue weighted by Crippen LogP contribution is 2.25. The highest BCUT2D eigenvalue weighted by molar-refractivity contribution is 6.30. The minimum absolute atomic E-state index is 0.383. The smallest absolute Gasteiger partial charge is 0.344 e. The minimum atomic E-state index is -0.383. The third-order valence-corrected chi connectivity index (χ3v) is 3.86. The van der Waals surface area contributed by atoms with Crippen molar-refractivity contribution in [3.8, 4) is 16.9 Å². The first kappa shape index (κ1) is 16.3. The van der Waals surface area contributed by atoms with E-state index >= 15 is 0 Å². The molecule has 4 heteroatoms. The average Bonchev–Trinajstić information content (AvgIpc) is 2.55. The van der Waals surface area contributed by atoms with Gasteiger partial charge < -0.3 is 9.15 Å². The summed E-state index contributed by atoms with van der Waals surface area (Å²) in [5.41, 5.74) is 2.60. The van der Waals surface area contributed by atoms with Crippen molar-refractivity contribution in [3.63, 3.8) is 0 Å². The molecule has 0 saturated carbocycles. The number of ether oxygens (including phenoxy) is 1. The maximum absolute atomic E-state index is 12.3. The maximum Gasteiger partial charge on any atom is 0.344 e. The second-order valence-electron chi connectivity index (χ2n) is 5.75. The zero-order valence-electron chi connectivity index (χ0n) is 13.5. The molecule has 0 radical (unpaired) electrons. The second kappa shape index (κ2) is 6.93. The van der Waals surface area contributed by atoms with Gasteiger partial charge in [-0.05, 0) is 55.8 Å². The molecule has 24 heavy (non-hydrogen) atoms. The molecule has 0 fully saturated rings. The lowest BCUT2D eigenvalue weighted by atomic mass is 10.1. The molecule has 0 atom stereocenters. The molecular weight excluding hydrogens is 324 g/mol. The van der Waals surface area contributed by atoms with E-state index in [0.29, 0.717) is 28.5 Å². The van der Waals surface area contributed by atoms with Crippen molar-refractivity contribution in [2.45, 2.75) is 13.8 Å². The van der Waals surface area contributed by atoms with E-state index in [1.165, 1.54) is 5.57 Å². The summed E-state index contributed by atoms with van der Waals surface area (Å²) in [7, 11) is 0. The Morgan fingerprint density at radius 2 is 1.88 bits per heavy atom. The zero-order valence-corrected chi connectivity index (χ0v) is 14.3. The van der Waals surface area contributed by atoms with Crippen LogP contribution in [0.15, 0.2) is 69.4 Å². The first-order valence-corrected chi connectivity index (χ1v) is 8.01. The Kier molecular flexibility index (Phi) is 4.72. The van der Waals surface area contributed by atoms with Gasteiger partial charge in [-0.3, -0.25) is 0 Å². The van der Waals surface area contributed by atoms with Crippen LogP contribution in [-0.4, -0.2) is 6.61 Å². The summed E-state index contributed by atoms with van der Waals surface area (Å²) in [6.45, 7) is 4.52. The molecule has 0 aliphatic heterocycles. The van der Waals surface area contributed by atoms with E-state index in [4.69, 9.17) is 20.8 Å². The number of hydrogen-bond acceptors (Lipinski definition) is 3. The molecule has 1 aromatic heterocycles. The summed E-state index contributed by atoms with van der Waals surface area (Å²) in [5.74, 6) is 0.669. The Hall–Kier alpha value is -2.52. The summed E-state index contributed by atoms with van der Waals surface area (Å²) in [6.07, 6.45) is 1.99. The van der Waals surface area contributed by atoms with Crippen molar-refractivity contribution in [2.24, 2.45) is 0 Å². The Morgan fingerprint density at radius 1 is 1.12 bits per heavy atom. The van der Waals surface area contributed by atoms with Gasteiger partial charge in [-0.25, -0.2) is 4.79 Å². The van der Waals surface area contributed by atoms with Gasteiger partial charge in [0.1, 0.15) is 17.9 Å². The zero-order chi connectivity index (χ0) is 17.1. The van der Waals surface area contributed by atoms with Crippen molar-refractivity contribution in [2.75, 3.05) is 6.61 Å². The van der Waals surface area contributed by atoms with Crippen molar-refractivity contribution in [1.82, 2.24) is 0 Å². The number of hydrogen-bond donors (Lipinski definition) is 0. The minimum Gasteiger partial charge on any atom is -0.489 e. The van der Waals surface area contributed by atoms with Crippen LogP contribution < -0.4 is 10.4 Å². The molecule has 0 aliphatic rings. The number of fused-ring (bicyclic) bond motifs is 1. The molecule has 122 valence electrons. The van der Waals surface area contributed by atoms with E-state index < -0.39 is 0 Å². The van der Waals surface area contributed by atoms with Crippen LogP contribution in [-0.2, 0) is 0 Å². The van der Waals surface area contributed by atoms with Gasteiger partial charge in [0.2, 0.25) is 0 Å². The van der Waals surface area contributed by atoms with Crippen molar-refractivity contribution >= 4 is 22.6 Å². The van der Waals surface area contributed by atoms with E-state index in [0.717, 1.165) is 10.9 Å². The van der Waals surface area contributed by atoms with Crippen molar-refractivity contribution < 1.29 is 9.15 Å². The fourth-order valence-electron chi connectivity index (χ4n) is 2.32. The van der Waals surface area contributed by atoms with E-state index in [9.17, 15) is 4.79 Å². The fraction of sp³-hybridized carbons (Fsp3) is 0.150. The molecule has 0 saturated heterocycles. The molecule has 0 unspecified atom stereocenters. The quantitative estimate of drug-likeness (QED) is 0.467. The Bertz CT molecular complexity index is 949. The average molecular weight is 341 g/mol. The number of rotatable bonds is 4. The normalized spacial score (nSPS) is 10.6. The first-order chi connectivity index (χ1) is 11.5. The van der Waals surface area contributed by atoms with E-state index in [2.05, 4.69) is 0 Å². The molecule has 0 amide bonds. The molecule has 0 aliphatic carbocycles. The number of halogens is 1. The van der Waals surface area contributed by atoms with Crippen LogP contribution in [0.5, 0.6) is 5.75 Å². The van der Waals surface area contributed by atoms with Crippen molar-refractivity contribution in [1.29, 1.82) is 0 Å². The molecule has 3 aromatic rings. The Morgan fingerprint density at radius 3 is 2.58 bits per heavy atom. The lowest BCUT2D eigenvalue weighted by Gasteiger charge is -2.06. The molecule has 2 aromatic carbocycles. The molecule has 1 heterocycles. The lowest BCUT2D eigenvalue weighted by molar-refractivity contribution is 0.361. The summed E-state index contributed by atoms with van der Waals surface area (Å²) in [4.78, 5) is 12.3. The highest BCUT2D eigenvalue weighted by atomic mass is 35.5. The third kappa shape index (κ3) is 3.69. The number of benzene rings is 2.